The van der Waals surface area contributed by atoms with Crippen molar-refractivity contribution < 1.29 is 14.0 Å². The molecule has 0 fully saturated rings. The Balaban J connectivity index is 1.45. The van der Waals surface area contributed by atoms with Crippen molar-refractivity contribution in [2.45, 2.75) is 13.5 Å². The molecule has 2 amide bonds. The number of halogens is 2. The molecule has 2 aromatic carbocycles. The van der Waals surface area contributed by atoms with Crippen molar-refractivity contribution in [3.05, 3.63) is 93.5 Å². The average Bonchev–Trinajstić information content (AvgIpc) is 3.37. The Morgan fingerprint density at radius 1 is 1.06 bits per heavy atom. The molecule has 0 atom stereocenters. The van der Waals surface area contributed by atoms with Crippen LogP contribution in [0.5, 0.6) is 0 Å². The maximum Gasteiger partial charge on any atom is 0.260 e. The van der Waals surface area contributed by atoms with Gasteiger partial charge in [-0.2, -0.15) is 5.10 Å². The summed E-state index contributed by atoms with van der Waals surface area (Å²) in [6, 6.07) is 12.4. The highest BCUT2D eigenvalue weighted by Crippen LogP contribution is 2.23. The van der Waals surface area contributed by atoms with E-state index in [0.29, 0.717) is 28.6 Å². The number of aryl methyl sites for hydroxylation is 1. The molecule has 0 aliphatic rings. The van der Waals surface area contributed by atoms with Gasteiger partial charge in [-0.1, -0.05) is 23.7 Å². The molecule has 2 aromatic heterocycles. The van der Waals surface area contributed by atoms with Crippen LogP contribution in [0.25, 0.3) is 0 Å². The van der Waals surface area contributed by atoms with Gasteiger partial charge in [0.2, 0.25) is 0 Å². The lowest BCUT2D eigenvalue weighted by atomic mass is 10.2. The Labute approximate surface area is 191 Å². The van der Waals surface area contributed by atoms with Gasteiger partial charge in [0.05, 0.1) is 17.8 Å². The van der Waals surface area contributed by atoms with Crippen molar-refractivity contribution in [2.24, 2.45) is 0 Å². The highest BCUT2D eigenvalue weighted by atomic mass is 35.5. The van der Waals surface area contributed by atoms with Crippen molar-refractivity contribution in [2.75, 3.05) is 10.6 Å². The van der Waals surface area contributed by atoms with Crippen LogP contribution in [0.4, 0.5) is 15.2 Å². The van der Waals surface area contributed by atoms with Crippen molar-refractivity contribution >= 4 is 45.6 Å². The number of carbonyl (C=O) groups excluding carboxylic acids is 2. The minimum absolute atomic E-state index is 0.184. The Morgan fingerprint density at radius 2 is 1.78 bits per heavy atom. The quantitative estimate of drug-likeness (QED) is 0.416. The number of hydrogen-bond acceptors (Lipinski definition) is 5. The van der Waals surface area contributed by atoms with Gasteiger partial charge in [0.15, 0.2) is 5.13 Å². The van der Waals surface area contributed by atoms with Crippen LogP contribution in [-0.2, 0) is 6.54 Å². The molecule has 0 spiro atoms. The van der Waals surface area contributed by atoms with Crippen LogP contribution in [0, 0.1) is 12.7 Å². The number of aromatic nitrogens is 3. The summed E-state index contributed by atoms with van der Waals surface area (Å²) in [6.07, 6.45) is 1.60. The molecule has 0 saturated carbocycles. The van der Waals surface area contributed by atoms with E-state index in [-0.39, 0.29) is 22.4 Å². The number of thiazole rings is 1. The minimum atomic E-state index is -0.419. The van der Waals surface area contributed by atoms with Crippen LogP contribution in [-0.4, -0.2) is 26.6 Å². The van der Waals surface area contributed by atoms with Gasteiger partial charge in [-0.3, -0.25) is 14.9 Å². The van der Waals surface area contributed by atoms with E-state index >= 15 is 0 Å². The van der Waals surface area contributed by atoms with Gasteiger partial charge in [-0.15, -0.1) is 11.3 Å². The highest BCUT2D eigenvalue weighted by molar-refractivity contribution is 7.13. The molecule has 4 rings (SSSR count). The van der Waals surface area contributed by atoms with Gasteiger partial charge in [-0.25, -0.2) is 14.1 Å². The predicted molar refractivity (Wildman–Crippen MR) is 122 cm³/mol. The molecular weight excluding hydrogens is 453 g/mol. The first kappa shape index (κ1) is 21.7. The maximum atomic E-state index is 13.1. The lowest BCUT2D eigenvalue weighted by Crippen LogP contribution is -2.14. The zero-order valence-corrected chi connectivity index (χ0v) is 18.4. The van der Waals surface area contributed by atoms with Crippen LogP contribution in [0.3, 0.4) is 0 Å². The third-order valence-electron chi connectivity index (χ3n) is 4.60. The first-order valence-electron chi connectivity index (χ1n) is 9.50. The zero-order valence-electron chi connectivity index (χ0n) is 16.8. The van der Waals surface area contributed by atoms with Crippen molar-refractivity contribution in [1.29, 1.82) is 0 Å². The molecule has 0 saturated heterocycles. The predicted octanol–water partition coefficient (Wildman–Crippen LogP) is 4.99. The Hall–Kier alpha value is -3.56. The molecule has 32 heavy (non-hydrogen) atoms. The van der Waals surface area contributed by atoms with Gasteiger partial charge >= 0.3 is 0 Å². The summed E-state index contributed by atoms with van der Waals surface area (Å²) in [6.45, 7) is 1.99. The third kappa shape index (κ3) is 4.84. The van der Waals surface area contributed by atoms with Crippen LogP contribution in [0.1, 0.15) is 32.0 Å². The second kappa shape index (κ2) is 9.29. The second-order valence-corrected chi connectivity index (χ2v) is 8.11. The molecular formula is C22H17ClFN5O2S. The summed E-state index contributed by atoms with van der Waals surface area (Å²) in [5, 5.41) is 12.3. The number of carbonyl (C=O) groups is 2. The monoisotopic (exact) mass is 469 g/mol. The Morgan fingerprint density at radius 3 is 2.44 bits per heavy atom. The van der Waals surface area contributed by atoms with Gasteiger partial charge in [-0.05, 0) is 48.9 Å². The van der Waals surface area contributed by atoms with E-state index in [1.165, 1.54) is 28.2 Å². The van der Waals surface area contributed by atoms with Gasteiger partial charge in [0.25, 0.3) is 11.8 Å². The summed E-state index contributed by atoms with van der Waals surface area (Å²) in [5.41, 5.74) is 2.45. The Kier molecular flexibility index (Phi) is 6.29. The van der Waals surface area contributed by atoms with E-state index in [0.717, 1.165) is 5.56 Å². The highest BCUT2D eigenvalue weighted by Gasteiger charge is 2.21. The first-order chi connectivity index (χ1) is 15.4. The van der Waals surface area contributed by atoms with E-state index in [1.807, 2.05) is 0 Å². The topological polar surface area (TPSA) is 88.9 Å². The number of amides is 2. The van der Waals surface area contributed by atoms with Gasteiger partial charge in [0.1, 0.15) is 11.0 Å². The summed E-state index contributed by atoms with van der Waals surface area (Å²) < 4.78 is 14.6. The molecule has 0 radical (unpaired) electrons. The second-order valence-electron chi connectivity index (χ2n) is 6.86. The lowest BCUT2D eigenvalue weighted by Gasteiger charge is -2.07. The fourth-order valence-corrected chi connectivity index (χ4v) is 3.88. The standard InChI is InChI=1S/C22H17ClFN5O2S/c1-13-18(19(23)29(28-13)12-14-2-6-16(24)7-3-14)21(31)26-17-8-4-15(5-9-17)20(30)27-22-25-10-11-32-22/h2-11H,12H2,1H3,(H,26,31)(H,25,27,30). The SMILES string of the molecule is Cc1nn(Cc2ccc(F)cc2)c(Cl)c1C(=O)Nc1ccc(C(=O)Nc2nccs2)cc1. The van der Waals surface area contributed by atoms with Crippen molar-refractivity contribution in [3.8, 4) is 0 Å². The van der Waals surface area contributed by atoms with Crippen LogP contribution >= 0.6 is 22.9 Å². The average molecular weight is 470 g/mol. The van der Waals surface area contributed by atoms with E-state index in [4.69, 9.17) is 11.6 Å². The van der Waals surface area contributed by atoms with Crippen LogP contribution < -0.4 is 10.6 Å². The fourth-order valence-electron chi connectivity index (χ4n) is 3.03. The van der Waals surface area contributed by atoms with Gasteiger partial charge in [0, 0.05) is 22.8 Å². The number of benzene rings is 2. The molecule has 10 heteroatoms. The minimum Gasteiger partial charge on any atom is -0.322 e. The van der Waals surface area contributed by atoms with Crippen LogP contribution in [0.15, 0.2) is 60.1 Å². The van der Waals surface area contributed by atoms with Crippen molar-refractivity contribution in [3.63, 3.8) is 0 Å². The zero-order chi connectivity index (χ0) is 22.7. The number of anilines is 2. The lowest BCUT2D eigenvalue weighted by molar-refractivity contribution is 0.101. The molecule has 2 N–H and O–H groups in total. The van der Waals surface area contributed by atoms with E-state index in [9.17, 15) is 14.0 Å². The summed E-state index contributed by atoms with van der Waals surface area (Å²) in [4.78, 5) is 29.1. The van der Waals surface area contributed by atoms with E-state index < -0.39 is 5.91 Å². The molecule has 0 bridgehead atoms. The largest absolute Gasteiger partial charge is 0.322 e. The normalized spacial score (nSPS) is 10.7. The third-order valence-corrected chi connectivity index (χ3v) is 5.67. The van der Waals surface area contributed by atoms with Crippen molar-refractivity contribution in [1.82, 2.24) is 14.8 Å². The molecule has 0 aliphatic heterocycles. The number of hydrogen-bond donors (Lipinski definition) is 2. The van der Waals surface area contributed by atoms with Gasteiger partial charge < -0.3 is 5.32 Å². The molecule has 4 aromatic rings. The number of nitrogens with zero attached hydrogens (tertiary/aromatic N) is 3. The fraction of sp³-hybridized carbons (Fsp3) is 0.0909. The summed E-state index contributed by atoms with van der Waals surface area (Å²) in [5.74, 6) is -1.04. The molecule has 162 valence electrons. The summed E-state index contributed by atoms with van der Waals surface area (Å²) >= 11 is 7.74. The molecule has 7 nitrogen and oxygen atoms in total. The summed E-state index contributed by atoms with van der Waals surface area (Å²) in [7, 11) is 0. The number of rotatable bonds is 6. The molecule has 0 aliphatic carbocycles. The molecule has 2 heterocycles. The first-order valence-corrected chi connectivity index (χ1v) is 10.8. The molecule has 0 unspecified atom stereocenters. The van der Waals surface area contributed by atoms with Crippen LogP contribution in [0.2, 0.25) is 5.15 Å². The maximum absolute atomic E-state index is 13.1. The van der Waals surface area contributed by atoms with E-state index in [2.05, 4.69) is 20.7 Å². The Bertz CT molecular complexity index is 1250. The van der Waals surface area contributed by atoms with E-state index in [1.54, 1.807) is 54.9 Å². The number of nitrogens with one attached hydrogen (secondary N) is 2. The smallest absolute Gasteiger partial charge is 0.260 e.